The first-order chi connectivity index (χ1) is 15.1. The number of carbonyl (C=O) groups is 1. The second-order valence-electron chi connectivity index (χ2n) is 7.87. The number of aryl methyl sites for hydroxylation is 2. The molecule has 5 nitrogen and oxygen atoms in total. The molecule has 1 atom stereocenters. The van der Waals surface area contributed by atoms with E-state index in [-0.39, 0.29) is 5.91 Å². The average molecular weight is 469 g/mol. The van der Waals surface area contributed by atoms with Crippen LogP contribution >= 0.6 is 11.8 Å². The monoisotopic (exact) mass is 468 g/mol. The number of amides is 1. The van der Waals surface area contributed by atoms with Crippen LogP contribution in [0.5, 0.6) is 0 Å². The predicted octanol–water partition coefficient (Wildman–Crippen LogP) is 5.39. The Balaban J connectivity index is 1.70. The van der Waals surface area contributed by atoms with Gasteiger partial charge >= 0.3 is 0 Å². The summed E-state index contributed by atoms with van der Waals surface area (Å²) in [4.78, 5) is 14.1. The first kappa shape index (κ1) is 23.9. The van der Waals surface area contributed by atoms with Gasteiger partial charge in [-0.3, -0.25) is 9.10 Å². The van der Waals surface area contributed by atoms with Gasteiger partial charge in [0.15, 0.2) is 0 Å². The Morgan fingerprint density at radius 1 is 0.969 bits per heavy atom. The minimum absolute atomic E-state index is 0.388. The second-order valence-corrected chi connectivity index (χ2v) is 10.8. The molecule has 3 aromatic carbocycles. The van der Waals surface area contributed by atoms with Crippen molar-refractivity contribution in [3.05, 3.63) is 89.5 Å². The standard InChI is InChI=1S/C25H28N2O3S2/c1-18-14-19(2)16-23(15-18)27(32(4,29)30)20(3)25(28)26-22-12-10-21(11-13-22)17-31-24-8-6-5-7-9-24/h5-16,20H,17H2,1-4H3,(H,26,28). The van der Waals surface area contributed by atoms with Crippen LogP contribution in [0.15, 0.2) is 77.7 Å². The maximum atomic E-state index is 12.9. The van der Waals surface area contributed by atoms with Gasteiger partial charge in [0.1, 0.15) is 6.04 Å². The van der Waals surface area contributed by atoms with E-state index in [1.165, 1.54) is 9.20 Å². The third-order valence-corrected chi connectivity index (χ3v) is 7.24. The van der Waals surface area contributed by atoms with Crippen molar-refractivity contribution < 1.29 is 13.2 Å². The van der Waals surface area contributed by atoms with Crippen LogP contribution < -0.4 is 9.62 Å². The summed E-state index contributed by atoms with van der Waals surface area (Å²) in [6, 6.07) is 22.4. The van der Waals surface area contributed by atoms with Gasteiger partial charge in [-0.1, -0.05) is 36.4 Å². The highest BCUT2D eigenvalue weighted by Crippen LogP contribution is 2.25. The van der Waals surface area contributed by atoms with E-state index >= 15 is 0 Å². The van der Waals surface area contributed by atoms with Gasteiger partial charge in [0.25, 0.3) is 0 Å². The molecule has 3 aromatic rings. The fraction of sp³-hybridized carbons (Fsp3) is 0.240. The lowest BCUT2D eigenvalue weighted by atomic mass is 10.1. The van der Waals surface area contributed by atoms with E-state index in [2.05, 4.69) is 17.4 Å². The van der Waals surface area contributed by atoms with E-state index in [4.69, 9.17) is 0 Å². The van der Waals surface area contributed by atoms with E-state index in [0.717, 1.165) is 28.7 Å². The molecule has 7 heteroatoms. The highest BCUT2D eigenvalue weighted by Gasteiger charge is 2.29. The van der Waals surface area contributed by atoms with Gasteiger partial charge in [0, 0.05) is 16.3 Å². The lowest BCUT2D eigenvalue weighted by Gasteiger charge is -2.28. The summed E-state index contributed by atoms with van der Waals surface area (Å²) in [6.45, 7) is 5.40. The van der Waals surface area contributed by atoms with Crippen molar-refractivity contribution in [2.24, 2.45) is 0 Å². The van der Waals surface area contributed by atoms with Crippen LogP contribution in [-0.2, 0) is 20.6 Å². The van der Waals surface area contributed by atoms with E-state index in [9.17, 15) is 13.2 Å². The van der Waals surface area contributed by atoms with Gasteiger partial charge in [-0.25, -0.2) is 8.42 Å². The Labute approximate surface area is 194 Å². The van der Waals surface area contributed by atoms with Crippen molar-refractivity contribution in [1.29, 1.82) is 0 Å². The number of anilines is 2. The van der Waals surface area contributed by atoms with Crippen LogP contribution in [0.3, 0.4) is 0 Å². The van der Waals surface area contributed by atoms with E-state index in [1.54, 1.807) is 30.8 Å². The Hall–Kier alpha value is -2.77. The molecule has 0 spiro atoms. The average Bonchev–Trinajstić information content (AvgIpc) is 2.72. The molecule has 0 saturated carbocycles. The van der Waals surface area contributed by atoms with Gasteiger partial charge < -0.3 is 5.32 Å². The Morgan fingerprint density at radius 3 is 2.12 bits per heavy atom. The first-order valence-corrected chi connectivity index (χ1v) is 13.1. The zero-order valence-electron chi connectivity index (χ0n) is 18.7. The normalized spacial score (nSPS) is 12.2. The van der Waals surface area contributed by atoms with Gasteiger partial charge in [-0.2, -0.15) is 0 Å². The number of sulfonamides is 1. The molecule has 0 aliphatic carbocycles. The summed E-state index contributed by atoms with van der Waals surface area (Å²) < 4.78 is 26.2. The number of rotatable bonds is 8. The molecule has 0 radical (unpaired) electrons. The summed E-state index contributed by atoms with van der Waals surface area (Å²) >= 11 is 1.74. The molecule has 1 N–H and O–H groups in total. The molecule has 0 saturated heterocycles. The fourth-order valence-electron chi connectivity index (χ4n) is 3.50. The largest absolute Gasteiger partial charge is 0.324 e. The molecule has 1 amide bonds. The maximum Gasteiger partial charge on any atom is 0.247 e. The third kappa shape index (κ3) is 6.37. The third-order valence-electron chi connectivity index (χ3n) is 4.92. The van der Waals surface area contributed by atoms with Crippen molar-refractivity contribution in [3.8, 4) is 0 Å². The molecule has 1 unspecified atom stereocenters. The molecule has 0 bridgehead atoms. The summed E-state index contributed by atoms with van der Waals surface area (Å²) in [5, 5.41) is 2.84. The van der Waals surface area contributed by atoms with Crippen molar-refractivity contribution in [1.82, 2.24) is 0 Å². The molecule has 168 valence electrons. The zero-order valence-corrected chi connectivity index (χ0v) is 20.3. The Morgan fingerprint density at radius 2 is 1.56 bits per heavy atom. The van der Waals surface area contributed by atoms with Gasteiger partial charge in [0.05, 0.1) is 11.9 Å². The van der Waals surface area contributed by atoms with Gasteiger partial charge in [-0.05, 0) is 73.9 Å². The van der Waals surface area contributed by atoms with Crippen LogP contribution in [0.1, 0.15) is 23.6 Å². The fourth-order valence-corrected chi connectivity index (χ4v) is 5.53. The van der Waals surface area contributed by atoms with Crippen LogP contribution in [0.25, 0.3) is 0 Å². The van der Waals surface area contributed by atoms with E-state index < -0.39 is 16.1 Å². The molecule has 0 aliphatic rings. The first-order valence-electron chi connectivity index (χ1n) is 10.3. The molecule has 32 heavy (non-hydrogen) atoms. The molecular weight excluding hydrogens is 440 g/mol. The summed E-state index contributed by atoms with van der Waals surface area (Å²) in [5.41, 5.74) is 4.12. The Kier molecular flexibility index (Phi) is 7.64. The minimum atomic E-state index is -3.66. The predicted molar refractivity (Wildman–Crippen MR) is 134 cm³/mol. The smallest absolute Gasteiger partial charge is 0.247 e. The topological polar surface area (TPSA) is 66.5 Å². The van der Waals surface area contributed by atoms with Gasteiger partial charge in [-0.15, -0.1) is 11.8 Å². The number of benzene rings is 3. The number of carbonyl (C=O) groups excluding carboxylic acids is 1. The number of nitrogens with one attached hydrogen (secondary N) is 1. The van der Waals surface area contributed by atoms with Crippen molar-refractivity contribution in [2.75, 3.05) is 15.9 Å². The number of thioether (sulfide) groups is 1. The summed E-state index contributed by atoms with van der Waals surface area (Å²) in [7, 11) is -3.66. The second kappa shape index (κ2) is 10.2. The van der Waals surface area contributed by atoms with E-state index in [0.29, 0.717) is 11.4 Å². The Bertz CT molecular complexity index is 1160. The molecular formula is C25H28N2O3S2. The molecule has 3 rings (SSSR count). The highest BCUT2D eigenvalue weighted by molar-refractivity contribution is 7.98. The molecule has 0 heterocycles. The quantitative estimate of drug-likeness (QED) is 0.450. The van der Waals surface area contributed by atoms with Crippen LogP contribution in [-0.4, -0.2) is 26.6 Å². The van der Waals surface area contributed by atoms with Crippen LogP contribution in [0, 0.1) is 13.8 Å². The van der Waals surface area contributed by atoms with Crippen molar-refractivity contribution in [2.45, 2.75) is 37.5 Å². The zero-order chi connectivity index (χ0) is 23.3. The lowest BCUT2D eigenvalue weighted by Crippen LogP contribution is -2.45. The molecule has 0 fully saturated rings. The van der Waals surface area contributed by atoms with Crippen molar-refractivity contribution >= 4 is 39.1 Å². The highest BCUT2D eigenvalue weighted by atomic mass is 32.2. The molecule has 0 aliphatic heterocycles. The summed E-state index contributed by atoms with van der Waals surface area (Å²) in [6.07, 6.45) is 1.12. The van der Waals surface area contributed by atoms with E-state index in [1.807, 2.05) is 62.4 Å². The minimum Gasteiger partial charge on any atom is -0.324 e. The summed E-state index contributed by atoms with van der Waals surface area (Å²) in [5.74, 6) is 0.435. The van der Waals surface area contributed by atoms with Crippen LogP contribution in [0.4, 0.5) is 11.4 Å². The molecule has 0 aromatic heterocycles. The van der Waals surface area contributed by atoms with Crippen molar-refractivity contribution in [3.63, 3.8) is 0 Å². The maximum absolute atomic E-state index is 12.9. The SMILES string of the molecule is Cc1cc(C)cc(N(C(C)C(=O)Nc2ccc(CSc3ccccc3)cc2)S(C)(=O)=O)c1. The number of hydrogen-bond acceptors (Lipinski definition) is 4. The lowest BCUT2D eigenvalue weighted by molar-refractivity contribution is -0.116. The van der Waals surface area contributed by atoms with Crippen LogP contribution in [0.2, 0.25) is 0 Å². The number of hydrogen-bond donors (Lipinski definition) is 1. The van der Waals surface area contributed by atoms with Gasteiger partial charge in [0.2, 0.25) is 15.9 Å². The number of nitrogens with zero attached hydrogens (tertiary/aromatic N) is 1.